The summed E-state index contributed by atoms with van der Waals surface area (Å²) in [6, 6.07) is 16.2. The fourth-order valence-electron chi connectivity index (χ4n) is 2.86. The monoisotopic (exact) mass is 362 g/mol. The Morgan fingerprint density at radius 3 is 2.73 bits per heavy atom. The fraction of sp³-hybridized carbons (Fsp3) is 0.150. The molecule has 0 spiro atoms. The minimum Gasteiger partial charge on any atom is -0.336 e. The molecule has 2 aromatic carbocycles. The van der Waals surface area contributed by atoms with Crippen molar-refractivity contribution in [1.29, 1.82) is 0 Å². The Kier molecular flexibility index (Phi) is 4.26. The second-order valence-electron chi connectivity index (χ2n) is 6.30. The quantitative estimate of drug-likeness (QED) is 0.550. The summed E-state index contributed by atoms with van der Waals surface area (Å²) in [6.07, 6.45) is 1.68. The molecule has 4 rings (SSSR count). The number of nitrogens with zero attached hydrogens (tertiary/aromatic N) is 4. The molecule has 0 saturated heterocycles. The molecule has 0 atom stereocenters. The molecule has 0 bridgehead atoms. The topological polar surface area (TPSA) is 51.0 Å². The first kappa shape index (κ1) is 16.5. The van der Waals surface area contributed by atoms with Crippen LogP contribution in [0.25, 0.3) is 15.8 Å². The molecule has 2 aromatic heterocycles. The number of carbonyl (C=O) groups is 1. The molecular formula is C20H18N4OS. The van der Waals surface area contributed by atoms with Gasteiger partial charge in [-0.05, 0) is 41.5 Å². The van der Waals surface area contributed by atoms with E-state index in [1.165, 1.54) is 15.6 Å². The third kappa shape index (κ3) is 3.11. The van der Waals surface area contributed by atoms with Crippen molar-refractivity contribution in [3.05, 3.63) is 76.9 Å². The zero-order valence-electron chi connectivity index (χ0n) is 14.6. The number of fused-ring (bicyclic) bond motifs is 1. The highest BCUT2D eigenvalue weighted by atomic mass is 32.1. The molecule has 1 amide bonds. The molecule has 0 aliphatic carbocycles. The number of hydrogen-bond acceptors (Lipinski definition) is 4. The molecule has 5 nitrogen and oxygen atoms in total. The number of benzene rings is 2. The van der Waals surface area contributed by atoms with Crippen LogP contribution in [0.2, 0.25) is 0 Å². The van der Waals surface area contributed by atoms with Crippen molar-refractivity contribution in [2.75, 3.05) is 7.05 Å². The lowest BCUT2D eigenvalue weighted by molar-refractivity contribution is 0.0780. The van der Waals surface area contributed by atoms with E-state index in [9.17, 15) is 4.79 Å². The fourth-order valence-corrected chi connectivity index (χ4v) is 3.82. The van der Waals surface area contributed by atoms with Crippen LogP contribution in [0, 0.1) is 6.92 Å². The van der Waals surface area contributed by atoms with Crippen LogP contribution in [0.4, 0.5) is 0 Å². The number of aromatic nitrogens is 3. The first-order chi connectivity index (χ1) is 12.6. The van der Waals surface area contributed by atoms with Gasteiger partial charge in [0.15, 0.2) is 5.69 Å². The van der Waals surface area contributed by atoms with Crippen LogP contribution in [0.3, 0.4) is 0 Å². The van der Waals surface area contributed by atoms with Crippen molar-refractivity contribution in [3.63, 3.8) is 0 Å². The highest BCUT2D eigenvalue weighted by Gasteiger charge is 2.17. The van der Waals surface area contributed by atoms with Crippen LogP contribution >= 0.6 is 11.3 Å². The predicted molar refractivity (Wildman–Crippen MR) is 104 cm³/mol. The molecule has 0 aliphatic heterocycles. The van der Waals surface area contributed by atoms with Crippen molar-refractivity contribution < 1.29 is 4.79 Å². The molecule has 0 unspecified atom stereocenters. The van der Waals surface area contributed by atoms with Gasteiger partial charge in [-0.3, -0.25) is 4.79 Å². The lowest BCUT2D eigenvalue weighted by Gasteiger charge is -2.15. The summed E-state index contributed by atoms with van der Waals surface area (Å²) in [5.74, 6) is -0.140. The summed E-state index contributed by atoms with van der Waals surface area (Å²) in [7, 11) is 1.79. The van der Waals surface area contributed by atoms with Crippen molar-refractivity contribution in [3.8, 4) is 5.69 Å². The van der Waals surface area contributed by atoms with Crippen molar-refractivity contribution >= 4 is 27.3 Å². The molecule has 26 heavy (non-hydrogen) atoms. The van der Waals surface area contributed by atoms with E-state index in [0.29, 0.717) is 12.2 Å². The summed E-state index contributed by atoms with van der Waals surface area (Å²) in [4.78, 5) is 14.4. The van der Waals surface area contributed by atoms with E-state index < -0.39 is 0 Å². The van der Waals surface area contributed by atoms with Gasteiger partial charge in [-0.15, -0.1) is 16.4 Å². The van der Waals surface area contributed by atoms with E-state index in [0.717, 1.165) is 11.3 Å². The van der Waals surface area contributed by atoms with Crippen molar-refractivity contribution in [2.45, 2.75) is 13.5 Å². The van der Waals surface area contributed by atoms with Gasteiger partial charge < -0.3 is 4.90 Å². The number of carbonyl (C=O) groups excluding carboxylic acids is 1. The van der Waals surface area contributed by atoms with Crippen LogP contribution in [0.1, 0.15) is 21.6 Å². The third-order valence-electron chi connectivity index (χ3n) is 4.33. The van der Waals surface area contributed by atoms with Crippen LogP contribution < -0.4 is 0 Å². The average molecular weight is 362 g/mol. The van der Waals surface area contributed by atoms with E-state index in [4.69, 9.17) is 0 Å². The van der Waals surface area contributed by atoms with Gasteiger partial charge in [-0.1, -0.05) is 41.1 Å². The highest BCUT2D eigenvalue weighted by molar-refractivity contribution is 7.17. The first-order valence-corrected chi connectivity index (χ1v) is 9.20. The van der Waals surface area contributed by atoms with Crippen LogP contribution in [0.5, 0.6) is 0 Å². The maximum Gasteiger partial charge on any atom is 0.276 e. The normalized spacial score (nSPS) is 11.0. The standard InChI is InChI=1S/C20H18N4OS/c1-14-7-9-16(10-8-14)24-12-18(21-22-24)20(25)23(2)11-15-13-26-19-6-4-3-5-17(15)19/h3-10,12-13H,11H2,1-2H3. The molecule has 0 fully saturated rings. The number of hydrogen-bond donors (Lipinski definition) is 0. The minimum atomic E-state index is -0.140. The third-order valence-corrected chi connectivity index (χ3v) is 5.34. The van der Waals surface area contributed by atoms with Gasteiger partial charge in [-0.25, -0.2) is 4.68 Å². The first-order valence-electron chi connectivity index (χ1n) is 8.32. The van der Waals surface area contributed by atoms with E-state index >= 15 is 0 Å². The van der Waals surface area contributed by atoms with Crippen LogP contribution in [0.15, 0.2) is 60.1 Å². The molecule has 0 saturated carbocycles. The number of rotatable bonds is 4. The largest absolute Gasteiger partial charge is 0.336 e. The molecule has 0 radical (unpaired) electrons. The molecular weight excluding hydrogens is 344 g/mol. The smallest absolute Gasteiger partial charge is 0.276 e. The summed E-state index contributed by atoms with van der Waals surface area (Å²) in [5, 5.41) is 11.4. The Labute approximate surface area is 155 Å². The average Bonchev–Trinajstić information content (AvgIpc) is 3.30. The van der Waals surface area contributed by atoms with Gasteiger partial charge >= 0.3 is 0 Å². The van der Waals surface area contributed by atoms with E-state index in [1.807, 2.05) is 43.3 Å². The van der Waals surface area contributed by atoms with Gasteiger partial charge in [0.05, 0.1) is 11.9 Å². The summed E-state index contributed by atoms with van der Waals surface area (Å²) in [5.41, 5.74) is 3.54. The molecule has 2 heterocycles. The van der Waals surface area contributed by atoms with E-state index in [-0.39, 0.29) is 5.91 Å². The van der Waals surface area contributed by atoms with E-state index in [2.05, 4.69) is 27.8 Å². The maximum absolute atomic E-state index is 12.7. The second kappa shape index (κ2) is 6.72. The highest BCUT2D eigenvalue weighted by Crippen LogP contribution is 2.26. The van der Waals surface area contributed by atoms with Gasteiger partial charge in [-0.2, -0.15) is 0 Å². The lowest BCUT2D eigenvalue weighted by atomic mass is 10.1. The SMILES string of the molecule is Cc1ccc(-n2cc(C(=O)N(C)Cc3csc4ccccc34)nn2)cc1. The van der Waals surface area contributed by atoms with Crippen molar-refractivity contribution in [1.82, 2.24) is 19.9 Å². The summed E-state index contributed by atoms with van der Waals surface area (Å²) >= 11 is 1.70. The van der Waals surface area contributed by atoms with Gasteiger partial charge in [0.2, 0.25) is 0 Å². The molecule has 4 aromatic rings. The zero-order valence-corrected chi connectivity index (χ0v) is 15.4. The molecule has 0 aliphatic rings. The number of thiophene rings is 1. The van der Waals surface area contributed by atoms with Crippen LogP contribution in [-0.2, 0) is 6.54 Å². The lowest BCUT2D eigenvalue weighted by Crippen LogP contribution is -2.26. The Morgan fingerprint density at radius 2 is 1.92 bits per heavy atom. The van der Waals surface area contributed by atoms with E-state index in [1.54, 1.807) is 34.2 Å². The molecule has 6 heteroatoms. The Morgan fingerprint density at radius 1 is 1.15 bits per heavy atom. The van der Waals surface area contributed by atoms with Crippen molar-refractivity contribution in [2.24, 2.45) is 0 Å². The Hall–Kier alpha value is -2.99. The van der Waals surface area contributed by atoms with Gasteiger partial charge in [0.1, 0.15) is 0 Å². The Bertz CT molecular complexity index is 1060. The second-order valence-corrected chi connectivity index (χ2v) is 7.21. The van der Waals surface area contributed by atoms with Crippen LogP contribution in [-0.4, -0.2) is 32.8 Å². The summed E-state index contributed by atoms with van der Waals surface area (Å²) in [6.45, 7) is 2.57. The number of amides is 1. The minimum absolute atomic E-state index is 0.140. The maximum atomic E-state index is 12.7. The van der Waals surface area contributed by atoms with Gasteiger partial charge in [0, 0.05) is 18.3 Å². The number of aryl methyl sites for hydroxylation is 1. The Balaban J connectivity index is 1.53. The summed E-state index contributed by atoms with van der Waals surface area (Å²) < 4.78 is 2.86. The van der Waals surface area contributed by atoms with Gasteiger partial charge in [0.25, 0.3) is 5.91 Å². The predicted octanol–water partition coefficient (Wildman–Crippen LogP) is 4.06. The molecule has 130 valence electrons. The zero-order chi connectivity index (χ0) is 18.1. The molecule has 0 N–H and O–H groups in total.